The van der Waals surface area contributed by atoms with Crippen molar-refractivity contribution in [1.82, 2.24) is 15.5 Å². The number of carbonyl (C=O) groups is 5. The van der Waals surface area contributed by atoms with E-state index in [2.05, 4.69) is 23.3 Å². The summed E-state index contributed by atoms with van der Waals surface area (Å²) in [6.07, 6.45) is -1.57. The first kappa shape index (κ1) is 22.7. The van der Waals surface area contributed by atoms with Crippen molar-refractivity contribution in [2.24, 2.45) is 17.2 Å². The Kier molecular flexibility index (Phi) is 8.46. The number of aliphatic hydroxyl groups is 1. The van der Waals surface area contributed by atoms with Crippen LogP contribution in [0.15, 0.2) is 0 Å². The number of amides is 5. The van der Waals surface area contributed by atoms with Gasteiger partial charge in [-0.3, -0.25) is 24.0 Å². The Morgan fingerprint density at radius 3 is 2.26 bits per heavy atom. The summed E-state index contributed by atoms with van der Waals surface area (Å²) in [7, 11) is 0. The van der Waals surface area contributed by atoms with Crippen LogP contribution in [0, 0.1) is 0 Å². The Morgan fingerprint density at radius 2 is 1.78 bits per heavy atom. The number of nitrogens with zero attached hydrogens (tertiary/aromatic N) is 1. The molecule has 1 unspecified atom stereocenters. The standard InChI is InChI=1S/C14H24N6O6S/c15-3-11(23)18-8(5-27)13(25)19-7(2-10(16)22)14(26)20-4-6(21)1-9(20)12(17)24/h6-9,21,27H,1-5,15H2,(H2,16,22)(H2,17,24)(H,18,23)(H,19,25)/t6-,7?,8-,9+/m1/s1. The van der Waals surface area contributed by atoms with Crippen LogP contribution in [0.25, 0.3) is 0 Å². The van der Waals surface area contributed by atoms with Crippen LogP contribution in [-0.2, 0) is 24.0 Å². The van der Waals surface area contributed by atoms with Gasteiger partial charge in [-0.1, -0.05) is 0 Å². The van der Waals surface area contributed by atoms with Crippen molar-refractivity contribution in [2.75, 3.05) is 18.8 Å². The smallest absolute Gasteiger partial charge is 0.246 e. The molecule has 1 rings (SSSR count). The zero-order chi connectivity index (χ0) is 20.7. The molecule has 1 aliphatic heterocycles. The molecule has 0 radical (unpaired) electrons. The van der Waals surface area contributed by atoms with E-state index in [0.717, 1.165) is 4.90 Å². The minimum absolute atomic E-state index is 0.0515. The average Bonchev–Trinajstić information content (AvgIpc) is 2.99. The van der Waals surface area contributed by atoms with E-state index in [0.29, 0.717) is 0 Å². The molecular weight excluding hydrogens is 380 g/mol. The number of nitrogens with two attached hydrogens (primary N) is 3. The molecule has 4 atom stereocenters. The van der Waals surface area contributed by atoms with Gasteiger partial charge in [0, 0.05) is 18.7 Å². The van der Waals surface area contributed by atoms with Crippen LogP contribution in [0.2, 0.25) is 0 Å². The van der Waals surface area contributed by atoms with E-state index in [4.69, 9.17) is 17.2 Å². The Hall–Kier alpha value is -2.38. The Labute approximate surface area is 160 Å². The second-order valence-corrected chi connectivity index (χ2v) is 6.40. The molecule has 12 nitrogen and oxygen atoms in total. The summed E-state index contributed by atoms with van der Waals surface area (Å²) >= 11 is 3.96. The SMILES string of the molecule is NCC(=O)N[C@H](CS)C(=O)NC(CC(N)=O)C(=O)N1C[C@H](O)C[C@H]1C(N)=O. The van der Waals surface area contributed by atoms with Crippen LogP contribution < -0.4 is 27.8 Å². The number of likely N-dealkylation sites (tertiary alicyclic amines) is 1. The third-order valence-electron chi connectivity index (χ3n) is 3.93. The Morgan fingerprint density at radius 1 is 1.15 bits per heavy atom. The van der Waals surface area contributed by atoms with Gasteiger partial charge in [0.25, 0.3) is 0 Å². The lowest BCUT2D eigenvalue weighted by molar-refractivity contribution is -0.142. The maximum absolute atomic E-state index is 12.7. The number of primary amides is 2. The number of thiol groups is 1. The summed E-state index contributed by atoms with van der Waals surface area (Å²) < 4.78 is 0. The van der Waals surface area contributed by atoms with Gasteiger partial charge in [-0.25, -0.2) is 0 Å². The van der Waals surface area contributed by atoms with Crippen LogP contribution in [0.1, 0.15) is 12.8 Å². The van der Waals surface area contributed by atoms with Crippen LogP contribution in [-0.4, -0.2) is 82.6 Å². The topological polar surface area (TPSA) is 211 Å². The van der Waals surface area contributed by atoms with Crippen LogP contribution in [0.4, 0.5) is 0 Å². The van der Waals surface area contributed by atoms with Gasteiger partial charge >= 0.3 is 0 Å². The summed E-state index contributed by atoms with van der Waals surface area (Å²) in [4.78, 5) is 60.2. The second-order valence-electron chi connectivity index (χ2n) is 6.04. The van der Waals surface area contributed by atoms with Crippen molar-refractivity contribution in [3.63, 3.8) is 0 Å². The van der Waals surface area contributed by atoms with Crippen molar-refractivity contribution < 1.29 is 29.1 Å². The van der Waals surface area contributed by atoms with Crippen molar-refractivity contribution in [3.05, 3.63) is 0 Å². The van der Waals surface area contributed by atoms with Crippen LogP contribution >= 0.6 is 12.6 Å². The molecule has 9 N–H and O–H groups in total. The highest BCUT2D eigenvalue weighted by Crippen LogP contribution is 2.19. The van der Waals surface area contributed by atoms with Gasteiger partial charge in [0.1, 0.15) is 18.1 Å². The van der Waals surface area contributed by atoms with Gasteiger partial charge in [0.05, 0.1) is 19.1 Å². The predicted molar refractivity (Wildman–Crippen MR) is 95.9 cm³/mol. The monoisotopic (exact) mass is 404 g/mol. The minimum atomic E-state index is -1.40. The predicted octanol–water partition coefficient (Wildman–Crippen LogP) is -4.83. The van der Waals surface area contributed by atoms with E-state index in [-0.39, 0.29) is 25.3 Å². The zero-order valence-corrected chi connectivity index (χ0v) is 15.4. The van der Waals surface area contributed by atoms with Crippen LogP contribution in [0.3, 0.4) is 0 Å². The van der Waals surface area contributed by atoms with Crippen molar-refractivity contribution in [3.8, 4) is 0 Å². The largest absolute Gasteiger partial charge is 0.391 e. The minimum Gasteiger partial charge on any atom is -0.391 e. The molecule has 0 aromatic carbocycles. The summed E-state index contributed by atoms with van der Waals surface area (Å²) in [6, 6.07) is -3.58. The fourth-order valence-electron chi connectivity index (χ4n) is 2.65. The van der Waals surface area contributed by atoms with Crippen LogP contribution in [0.5, 0.6) is 0 Å². The lowest BCUT2D eigenvalue weighted by Crippen LogP contribution is -2.58. The number of aliphatic hydroxyl groups excluding tert-OH is 1. The first-order valence-corrected chi connectivity index (χ1v) is 8.70. The number of rotatable bonds is 9. The first-order chi connectivity index (χ1) is 12.6. The van der Waals surface area contributed by atoms with Gasteiger partial charge in [-0.15, -0.1) is 0 Å². The summed E-state index contributed by atoms with van der Waals surface area (Å²) in [5.41, 5.74) is 15.5. The second kappa shape index (κ2) is 10.1. The zero-order valence-electron chi connectivity index (χ0n) is 14.5. The van der Waals surface area contributed by atoms with Gasteiger partial charge < -0.3 is 37.8 Å². The molecule has 0 aromatic rings. The fraction of sp³-hybridized carbons (Fsp3) is 0.643. The molecule has 1 fully saturated rings. The molecular formula is C14H24N6O6S. The summed E-state index contributed by atoms with van der Waals surface area (Å²) in [5, 5.41) is 14.3. The highest BCUT2D eigenvalue weighted by atomic mass is 32.1. The maximum Gasteiger partial charge on any atom is 0.246 e. The number of β-amino-alcohol motifs (C(OH)–C–C–N with tert-alkyl or cyclic N) is 1. The van der Waals surface area contributed by atoms with E-state index in [1.54, 1.807) is 0 Å². The normalized spacial score (nSPS) is 21.2. The molecule has 0 aliphatic carbocycles. The van der Waals surface area contributed by atoms with E-state index in [1.165, 1.54) is 0 Å². The highest BCUT2D eigenvalue weighted by molar-refractivity contribution is 7.80. The van der Waals surface area contributed by atoms with E-state index >= 15 is 0 Å². The molecule has 152 valence electrons. The molecule has 1 heterocycles. The number of nitrogens with one attached hydrogen (secondary N) is 2. The fourth-order valence-corrected chi connectivity index (χ4v) is 2.91. The van der Waals surface area contributed by atoms with E-state index < -0.39 is 60.2 Å². The molecule has 1 aliphatic rings. The number of carbonyl (C=O) groups excluding carboxylic acids is 5. The van der Waals surface area contributed by atoms with Gasteiger partial charge in [0.15, 0.2) is 0 Å². The Balaban J connectivity index is 2.95. The Bertz CT molecular complexity index is 617. The van der Waals surface area contributed by atoms with E-state index in [9.17, 15) is 29.1 Å². The van der Waals surface area contributed by atoms with Crippen molar-refractivity contribution in [1.29, 1.82) is 0 Å². The maximum atomic E-state index is 12.7. The first-order valence-electron chi connectivity index (χ1n) is 8.07. The molecule has 27 heavy (non-hydrogen) atoms. The third-order valence-corrected chi connectivity index (χ3v) is 4.30. The average molecular weight is 404 g/mol. The molecule has 0 bridgehead atoms. The molecule has 13 heteroatoms. The lowest BCUT2D eigenvalue weighted by atomic mass is 10.1. The molecule has 0 spiro atoms. The van der Waals surface area contributed by atoms with Gasteiger partial charge in [-0.2, -0.15) is 12.6 Å². The van der Waals surface area contributed by atoms with Crippen molar-refractivity contribution >= 4 is 42.2 Å². The number of hydrogen-bond donors (Lipinski definition) is 7. The van der Waals surface area contributed by atoms with Crippen molar-refractivity contribution in [2.45, 2.75) is 37.1 Å². The summed E-state index contributed by atoms with van der Waals surface area (Å²) in [5.74, 6) is -4.00. The van der Waals surface area contributed by atoms with Gasteiger partial charge in [-0.05, 0) is 0 Å². The van der Waals surface area contributed by atoms with Gasteiger partial charge in [0.2, 0.25) is 29.5 Å². The van der Waals surface area contributed by atoms with E-state index in [1.807, 2.05) is 0 Å². The highest BCUT2D eigenvalue weighted by Gasteiger charge is 2.41. The number of hydrogen-bond acceptors (Lipinski definition) is 8. The molecule has 0 saturated carbocycles. The molecule has 5 amide bonds. The lowest BCUT2D eigenvalue weighted by Gasteiger charge is -2.28. The third kappa shape index (κ3) is 6.37. The quantitative estimate of drug-likeness (QED) is 0.186. The molecule has 1 saturated heterocycles. The molecule has 0 aromatic heterocycles. The summed E-state index contributed by atoms with van der Waals surface area (Å²) in [6.45, 7) is -0.537.